The molecular formula is C3H5O3PS. The Balaban J connectivity index is 3.74. The second-order valence-corrected chi connectivity index (χ2v) is 3.54. The Labute approximate surface area is 52.2 Å². The van der Waals surface area contributed by atoms with Gasteiger partial charge in [-0.25, -0.2) is 0 Å². The minimum absolute atomic E-state index is 0.917. The fraction of sp³-hybridized carbons (Fsp3) is 0. The van der Waals surface area contributed by atoms with Crippen LogP contribution in [0.1, 0.15) is 0 Å². The van der Waals surface area contributed by atoms with E-state index in [0.717, 1.165) is 6.26 Å². The Kier molecular flexibility index (Phi) is 2.98. The largest absolute Gasteiger partial charge is 0.424 e. The molecule has 0 bridgehead atoms. The van der Waals surface area contributed by atoms with Crippen LogP contribution in [0.25, 0.3) is 0 Å². The van der Waals surface area contributed by atoms with Crippen molar-refractivity contribution in [2.45, 2.75) is 0 Å². The third kappa shape index (κ3) is 5.89. The molecule has 0 aromatic carbocycles. The highest BCUT2D eigenvalue weighted by molar-refractivity contribution is 8.06. The van der Waals surface area contributed by atoms with Gasteiger partial charge >= 0.3 is 6.72 Å². The minimum atomic E-state index is -3.51. The second kappa shape index (κ2) is 3.02. The summed E-state index contributed by atoms with van der Waals surface area (Å²) in [6.07, 6.45) is 0.917. The van der Waals surface area contributed by atoms with Gasteiger partial charge in [-0.1, -0.05) is 12.3 Å². The SMILES string of the molecule is C=C=COP(O)(O)=S. The lowest BCUT2D eigenvalue weighted by molar-refractivity contribution is 0.339. The standard InChI is InChI=1S/C3H5O3PS/c1-2-3-6-7(4,5)8/h3H,1H2,(H2,4,5,8). The Morgan fingerprint density at radius 2 is 2.25 bits per heavy atom. The first-order chi connectivity index (χ1) is 3.56. The summed E-state index contributed by atoms with van der Waals surface area (Å²) in [5.41, 5.74) is 2.17. The molecule has 46 valence electrons. The first kappa shape index (κ1) is 7.89. The molecule has 0 aliphatic rings. The van der Waals surface area contributed by atoms with Gasteiger partial charge in [0.1, 0.15) is 6.26 Å². The summed E-state index contributed by atoms with van der Waals surface area (Å²) in [4.78, 5) is 16.6. The average Bonchev–Trinajstić information content (AvgIpc) is 1.59. The van der Waals surface area contributed by atoms with Gasteiger partial charge in [0.05, 0.1) is 0 Å². The van der Waals surface area contributed by atoms with Crippen LogP contribution in [0.4, 0.5) is 0 Å². The number of hydrogen-bond donors (Lipinski definition) is 2. The molecule has 5 heteroatoms. The van der Waals surface area contributed by atoms with Crippen LogP contribution >= 0.6 is 6.72 Å². The molecule has 0 heterocycles. The normalized spacial score (nSPS) is 9.75. The molecule has 0 radical (unpaired) electrons. The zero-order valence-corrected chi connectivity index (χ0v) is 5.65. The van der Waals surface area contributed by atoms with Crippen molar-refractivity contribution in [2.24, 2.45) is 0 Å². The Morgan fingerprint density at radius 1 is 1.75 bits per heavy atom. The highest BCUT2D eigenvalue weighted by Crippen LogP contribution is 2.36. The fourth-order valence-corrected chi connectivity index (χ4v) is 0.447. The number of hydrogen-bond acceptors (Lipinski definition) is 2. The summed E-state index contributed by atoms with van der Waals surface area (Å²) >= 11 is 4.05. The summed E-state index contributed by atoms with van der Waals surface area (Å²) < 4.78 is 4.12. The van der Waals surface area contributed by atoms with Gasteiger partial charge in [-0.15, -0.1) is 0 Å². The van der Waals surface area contributed by atoms with Crippen LogP contribution in [0.5, 0.6) is 0 Å². The Hall–Kier alpha value is -0.110. The molecule has 0 fully saturated rings. The molecule has 0 aromatic heterocycles. The van der Waals surface area contributed by atoms with Crippen molar-refractivity contribution in [3.05, 3.63) is 18.6 Å². The molecule has 3 nitrogen and oxygen atoms in total. The lowest BCUT2D eigenvalue weighted by Gasteiger charge is -2.01. The quantitative estimate of drug-likeness (QED) is 0.344. The van der Waals surface area contributed by atoms with E-state index >= 15 is 0 Å². The molecule has 0 spiro atoms. The molecule has 0 saturated carbocycles. The van der Waals surface area contributed by atoms with Crippen LogP contribution < -0.4 is 0 Å². The molecule has 0 aromatic rings. The zero-order chi connectivity index (χ0) is 6.62. The van der Waals surface area contributed by atoms with E-state index in [1.54, 1.807) is 0 Å². The van der Waals surface area contributed by atoms with E-state index < -0.39 is 6.72 Å². The summed E-state index contributed by atoms with van der Waals surface area (Å²) in [6.45, 7) is -0.399. The van der Waals surface area contributed by atoms with Gasteiger partial charge in [0.2, 0.25) is 0 Å². The van der Waals surface area contributed by atoms with Crippen LogP contribution in [0.3, 0.4) is 0 Å². The molecule has 0 unspecified atom stereocenters. The van der Waals surface area contributed by atoms with Crippen molar-refractivity contribution < 1.29 is 14.3 Å². The maximum Gasteiger partial charge on any atom is 0.375 e. The molecule has 0 aliphatic carbocycles. The summed E-state index contributed by atoms with van der Waals surface area (Å²) in [5.74, 6) is 0. The van der Waals surface area contributed by atoms with E-state index in [1.165, 1.54) is 0 Å². The van der Waals surface area contributed by atoms with E-state index in [-0.39, 0.29) is 0 Å². The van der Waals surface area contributed by atoms with Crippen LogP contribution in [0.15, 0.2) is 18.6 Å². The van der Waals surface area contributed by atoms with Crippen LogP contribution in [-0.4, -0.2) is 9.79 Å². The summed E-state index contributed by atoms with van der Waals surface area (Å²) in [7, 11) is 0. The van der Waals surface area contributed by atoms with Crippen molar-refractivity contribution in [2.75, 3.05) is 0 Å². The highest BCUT2D eigenvalue weighted by atomic mass is 32.5. The molecule has 0 amide bonds. The first-order valence-corrected chi connectivity index (χ1v) is 4.27. The fourth-order valence-electron chi connectivity index (χ4n) is 0.106. The molecule has 0 saturated heterocycles. The summed E-state index contributed by atoms with van der Waals surface area (Å²) in [5, 5.41) is 0. The van der Waals surface area contributed by atoms with Gasteiger partial charge in [0.25, 0.3) is 0 Å². The third-order valence-corrected chi connectivity index (χ3v) is 0.912. The van der Waals surface area contributed by atoms with Gasteiger partial charge in [-0.3, -0.25) is 0 Å². The molecular weight excluding hydrogens is 147 g/mol. The van der Waals surface area contributed by atoms with Crippen LogP contribution in [0, 0.1) is 0 Å². The second-order valence-electron chi connectivity index (χ2n) is 0.918. The summed E-state index contributed by atoms with van der Waals surface area (Å²) in [6, 6.07) is 0. The van der Waals surface area contributed by atoms with Gasteiger partial charge in [0, 0.05) is 11.8 Å². The molecule has 2 N–H and O–H groups in total. The van der Waals surface area contributed by atoms with E-state index in [0.29, 0.717) is 0 Å². The van der Waals surface area contributed by atoms with E-state index in [4.69, 9.17) is 9.79 Å². The zero-order valence-electron chi connectivity index (χ0n) is 3.94. The van der Waals surface area contributed by atoms with Crippen molar-refractivity contribution in [3.8, 4) is 0 Å². The van der Waals surface area contributed by atoms with Crippen molar-refractivity contribution >= 4 is 18.5 Å². The molecule has 0 aliphatic heterocycles. The van der Waals surface area contributed by atoms with E-state index in [9.17, 15) is 0 Å². The average molecular weight is 152 g/mol. The first-order valence-electron chi connectivity index (χ1n) is 1.64. The smallest absolute Gasteiger partial charge is 0.375 e. The predicted octanol–water partition coefficient (Wildman–Crippen LogP) is 0.511. The highest BCUT2D eigenvalue weighted by Gasteiger charge is 2.03. The molecule has 8 heavy (non-hydrogen) atoms. The van der Waals surface area contributed by atoms with Crippen molar-refractivity contribution in [3.63, 3.8) is 0 Å². The third-order valence-electron chi connectivity index (χ3n) is 0.273. The predicted molar refractivity (Wildman–Crippen MR) is 33.5 cm³/mol. The van der Waals surface area contributed by atoms with Gasteiger partial charge in [-0.05, 0) is 0 Å². The topological polar surface area (TPSA) is 49.7 Å². The lowest BCUT2D eigenvalue weighted by atomic mass is 11.0. The van der Waals surface area contributed by atoms with Crippen molar-refractivity contribution in [1.29, 1.82) is 0 Å². The minimum Gasteiger partial charge on any atom is -0.424 e. The monoisotopic (exact) mass is 152 g/mol. The van der Waals surface area contributed by atoms with E-state index in [1.807, 2.05) is 0 Å². The maximum atomic E-state index is 8.31. The molecule has 0 atom stereocenters. The van der Waals surface area contributed by atoms with Crippen LogP contribution in [-0.2, 0) is 16.3 Å². The van der Waals surface area contributed by atoms with Crippen LogP contribution in [0.2, 0.25) is 0 Å². The van der Waals surface area contributed by atoms with Crippen molar-refractivity contribution in [1.82, 2.24) is 0 Å². The lowest BCUT2D eigenvalue weighted by Crippen LogP contribution is -1.75. The van der Waals surface area contributed by atoms with E-state index in [2.05, 4.69) is 28.6 Å². The maximum absolute atomic E-state index is 8.31. The van der Waals surface area contributed by atoms with Gasteiger partial charge < -0.3 is 14.3 Å². The number of rotatable bonds is 2. The molecule has 0 rings (SSSR count). The Bertz CT molecular complexity index is 154. The Morgan fingerprint density at radius 3 is 2.38 bits per heavy atom. The van der Waals surface area contributed by atoms with Gasteiger partial charge in [-0.2, -0.15) is 0 Å². The van der Waals surface area contributed by atoms with Gasteiger partial charge in [0.15, 0.2) is 0 Å².